The van der Waals surface area contributed by atoms with Crippen LogP contribution in [0.2, 0.25) is 0 Å². The van der Waals surface area contributed by atoms with Crippen LogP contribution in [-0.2, 0) is 14.3 Å². The molecule has 0 unspecified atom stereocenters. The van der Waals surface area contributed by atoms with Gasteiger partial charge in [-0.3, -0.25) is 9.59 Å². The maximum atomic E-state index is 12.4. The Morgan fingerprint density at radius 2 is 1.52 bits per heavy atom. The molecule has 0 radical (unpaired) electrons. The van der Waals surface area contributed by atoms with Crippen LogP contribution in [0, 0.1) is 0 Å². The van der Waals surface area contributed by atoms with Crippen LogP contribution in [-0.4, -0.2) is 77.4 Å². The molecule has 0 spiro atoms. The summed E-state index contributed by atoms with van der Waals surface area (Å²) in [5, 5.41) is 17.7. The molecule has 0 aliphatic rings. The molecule has 0 heterocycles. The Morgan fingerprint density at radius 3 is 1.86 bits per heavy atom. The SMILES string of the molecule is CCC(CC)N(CCOC)C(=O)N(CC(=O)O)CC(=O)O. The molecule has 0 aromatic rings. The van der Waals surface area contributed by atoms with E-state index in [0.717, 1.165) is 4.90 Å². The fourth-order valence-electron chi connectivity index (χ4n) is 2.05. The van der Waals surface area contributed by atoms with Gasteiger partial charge in [0, 0.05) is 19.7 Å². The van der Waals surface area contributed by atoms with Gasteiger partial charge in [-0.15, -0.1) is 0 Å². The van der Waals surface area contributed by atoms with Gasteiger partial charge < -0.3 is 24.7 Å². The van der Waals surface area contributed by atoms with Crippen LogP contribution in [0.5, 0.6) is 0 Å². The van der Waals surface area contributed by atoms with Crippen molar-refractivity contribution in [2.24, 2.45) is 0 Å². The molecule has 0 rings (SSSR count). The van der Waals surface area contributed by atoms with Crippen molar-refractivity contribution in [1.82, 2.24) is 9.80 Å². The summed E-state index contributed by atoms with van der Waals surface area (Å²) >= 11 is 0. The number of amides is 2. The second kappa shape index (κ2) is 9.98. The summed E-state index contributed by atoms with van der Waals surface area (Å²) in [6.45, 7) is 3.14. The number of nitrogens with zero attached hydrogens (tertiary/aromatic N) is 2. The minimum absolute atomic E-state index is 0.0854. The lowest BCUT2D eigenvalue weighted by atomic mass is 10.1. The zero-order valence-electron chi connectivity index (χ0n) is 12.7. The maximum absolute atomic E-state index is 12.4. The van der Waals surface area contributed by atoms with E-state index in [9.17, 15) is 14.4 Å². The van der Waals surface area contributed by atoms with Crippen molar-refractivity contribution in [3.05, 3.63) is 0 Å². The van der Waals surface area contributed by atoms with Gasteiger partial charge in [-0.25, -0.2) is 4.79 Å². The number of hydrogen-bond donors (Lipinski definition) is 2. The van der Waals surface area contributed by atoms with Gasteiger partial charge in [0.15, 0.2) is 0 Å². The molecule has 0 aromatic heterocycles. The third-order valence-electron chi connectivity index (χ3n) is 3.09. The summed E-state index contributed by atoms with van der Waals surface area (Å²) < 4.78 is 4.96. The molecule has 0 aliphatic carbocycles. The van der Waals surface area contributed by atoms with E-state index in [0.29, 0.717) is 19.4 Å². The number of methoxy groups -OCH3 is 1. The maximum Gasteiger partial charge on any atom is 0.323 e. The average Bonchev–Trinajstić information content (AvgIpc) is 2.41. The summed E-state index contributed by atoms with van der Waals surface area (Å²) in [5.41, 5.74) is 0. The Bertz CT molecular complexity index is 341. The van der Waals surface area contributed by atoms with Gasteiger partial charge in [0.25, 0.3) is 0 Å². The van der Waals surface area contributed by atoms with E-state index < -0.39 is 31.1 Å². The number of aliphatic carboxylic acids is 2. The highest BCUT2D eigenvalue weighted by Gasteiger charge is 2.28. The molecule has 122 valence electrons. The molecule has 0 aliphatic heterocycles. The van der Waals surface area contributed by atoms with E-state index in [1.807, 2.05) is 13.8 Å². The highest BCUT2D eigenvalue weighted by molar-refractivity contribution is 5.84. The van der Waals surface area contributed by atoms with Gasteiger partial charge in [-0.2, -0.15) is 0 Å². The van der Waals surface area contributed by atoms with Gasteiger partial charge in [0.2, 0.25) is 0 Å². The van der Waals surface area contributed by atoms with Gasteiger partial charge in [0.05, 0.1) is 6.61 Å². The van der Waals surface area contributed by atoms with Gasteiger partial charge in [-0.05, 0) is 12.8 Å². The zero-order valence-corrected chi connectivity index (χ0v) is 12.7. The van der Waals surface area contributed by atoms with Crippen LogP contribution in [0.15, 0.2) is 0 Å². The third kappa shape index (κ3) is 6.94. The Hall–Kier alpha value is -1.83. The first-order valence-corrected chi connectivity index (χ1v) is 6.85. The number of urea groups is 1. The van der Waals surface area contributed by atoms with E-state index in [4.69, 9.17) is 14.9 Å². The normalized spacial score (nSPS) is 10.5. The quantitative estimate of drug-likeness (QED) is 0.615. The fraction of sp³-hybridized carbons (Fsp3) is 0.769. The van der Waals surface area contributed by atoms with Crippen molar-refractivity contribution in [3.8, 4) is 0 Å². The first kappa shape index (κ1) is 19.2. The molecule has 0 saturated heterocycles. The van der Waals surface area contributed by atoms with Crippen molar-refractivity contribution in [2.45, 2.75) is 32.7 Å². The van der Waals surface area contributed by atoms with Crippen molar-refractivity contribution >= 4 is 18.0 Å². The second-order valence-electron chi connectivity index (χ2n) is 4.58. The second-order valence-corrected chi connectivity index (χ2v) is 4.58. The topological polar surface area (TPSA) is 107 Å². The molecule has 0 bridgehead atoms. The summed E-state index contributed by atoms with van der Waals surface area (Å²) in [4.78, 5) is 36.4. The van der Waals surface area contributed by atoms with E-state index in [-0.39, 0.29) is 12.6 Å². The van der Waals surface area contributed by atoms with Crippen LogP contribution in [0.1, 0.15) is 26.7 Å². The Morgan fingerprint density at radius 1 is 1.05 bits per heavy atom. The summed E-state index contributed by atoms with van der Waals surface area (Å²) in [7, 11) is 1.50. The number of carbonyl (C=O) groups excluding carboxylic acids is 1. The lowest BCUT2D eigenvalue weighted by Gasteiger charge is -2.34. The Balaban J connectivity index is 5.14. The standard InChI is InChI=1S/C13H24N2O6/c1-4-10(5-2)15(6-7-21-3)13(20)14(8-11(16)17)9-12(18)19/h10H,4-9H2,1-3H3,(H,16,17)(H,18,19). The first-order chi connectivity index (χ1) is 9.87. The van der Waals surface area contributed by atoms with E-state index in [2.05, 4.69) is 0 Å². The summed E-state index contributed by atoms with van der Waals surface area (Å²) in [6, 6.07) is -0.678. The Kier molecular flexibility index (Phi) is 9.11. The lowest BCUT2D eigenvalue weighted by molar-refractivity contribution is -0.140. The van der Waals surface area contributed by atoms with Crippen LogP contribution in [0.4, 0.5) is 4.79 Å². The first-order valence-electron chi connectivity index (χ1n) is 6.85. The molecule has 0 aromatic carbocycles. The van der Waals surface area contributed by atoms with Crippen LogP contribution >= 0.6 is 0 Å². The molecule has 0 atom stereocenters. The van der Waals surface area contributed by atoms with Crippen LogP contribution in [0.25, 0.3) is 0 Å². The number of hydrogen-bond acceptors (Lipinski definition) is 4. The molecular formula is C13H24N2O6. The van der Waals surface area contributed by atoms with Crippen molar-refractivity contribution in [3.63, 3.8) is 0 Å². The smallest absolute Gasteiger partial charge is 0.323 e. The number of ether oxygens (including phenoxy) is 1. The highest BCUT2D eigenvalue weighted by atomic mass is 16.5. The number of carboxylic acids is 2. The van der Waals surface area contributed by atoms with Gasteiger partial charge in [-0.1, -0.05) is 13.8 Å². The Labute approximate surface area is 124 Å². The molecule has 2 amide bonds. The van der Waals surface area contributed by atoms with Crippen molar-refractivity contribution in [1.29, 1.82) is 0 Å². The molecule has 0 fully saturated rings. The number of carboxylic acid groups (broad SMARTS) is 2. The zero-order chi connectivity index (χ0) is 16.4. The molecule has 21 heavy (non-hydrogen) atoms. The highest BCUT2D eigenvalue weighted by Crippen LogP contribution is 2.12. The number of rotatable bonds is 10. The minimum Gasteiger partial charge on any atom is -0.480 e. The molecule has 0 saturated carbocycles. The predicted molar refractivity (Wildman–Crippen MR) is 75.2 cm³/mol. The van der Waals surface area contributed by atoms with Crippen LogP contribution in [0.3, 0.4) is 0 Å². The van der Waals surface area contributed by atoms with Crippen LogP contribution < -0.4 is 0 Å². The van der Waals surface area contributed by atoms with Crippen molar-refractivity contribution in [2.75, 3.05) is 33.4 Å². The third-order valence-corrected chi connectivity index (χ3v) is 3.09. The monoisotopic (exact) mass is 304 g/mol. The van der Waals surface area contributed by atoms with Crippen molar-refractivity contribution < 1.29 is 29.3 Å². The fourth-order valence-corrected chi connectivity index (χ4v) is 2.05. The lowest BCUT2D eigenvalue weighted by Crippen LogP contribution is -2.51. The molecule has 8 heteroatoms. The average molecular weight is 304 g/mol. The van der Waals surface area contributed by atoms with E-state index in [1.54, 1.807) is 0 Å². The van der Waals surface area contributed by atoms with Gasteiger partial charge >= 0.3 is 18.0 Å². The van der Waals surface area contributed by atoms with E-state index in [1.165, 1.54) is 12.0 Å². The summed E-state index contributed by atoms with van der Waals surface area (Å²) in [5.74, 6) is -2.50. The molecule has 2 N–H and O–H groups in total. The number of carbonyl (C=O) groups is 3. The molecular weight excluding hydrogens is 280 g/mol. The van der Waals surface area contributed by atoms with Gasteiger partial charge in [0.1, 0.15) is 13.1 Å². The largest absolute Gasteiger partial charge is 0.480 e. The summed E-state index contributed by atoms with van der Waals surface area (Å²) in [6.07, 6.45) is 1.39. The minimum atomic E-state index is -1.25. The molecule has 8 nitrogen and oxygen atoms in total. The van der Waals surface area contributed by atoms with E-state index >= 15 is 0 Å². The predicted octanol–water partition coefficient (Wildman–Crippen LogP) is 0.715.